The molecule has 2 rings (SSSR count). The number of aromatic nitrogens is 1. The van der Waals surface area contributed by atoms with Crippen molar-refractivity contribution >= 4 is 5.97 Å². The van der Waals surface area contributed by atoms with Crippen LogP contribution in [0.25, 0.3) is 0 Å². The largest absolute Gasteiger partial charge is 0.469 e. The molecule has 0 saturated heterocycles. The third-order valence-electron chi connectivity index (χ3n) is 2.78. The molecular weight excluding hydrogens is 194 g/mol. The van der Waals surface area contributed by atoms with Gasteiger partial charge in [-0.2, -0.15) is 0 Å². The number of pyridine rings is 1. The van der Waals surface area contributed by atoms with Crippen molar-refractivity contribution in [2.24, 2.45) is 0 Å². The van der Waals surface area contributed by atoms with Crippen molar-refractivity contribution < 1.29 is 14.6 Å². The molecule has 1 aliphatic carbocycles. The van der Waals surface area contributed by atoms with Gasteiger partial charge in [-0.1, -0.05) is 6.07 Å². The van der Waals surface area contributed by atoms with Crippen LogP contribution in [0.3, 0.4) is 0 Å². The molecule has 0 fully saturated rings. The molecule has 0 saturated carbocycles. The maximum Gasteiger partial charge on any atom is 0.313 e. The molecule has 0 spiro atoms. The minimum absolute atomic E-state index is 0.254. The van der Waals surface area contributed by atoms with E-state index in [1.54, 1.807) is 12.3 Å². The van der Waals surface area contributed by atoms with Crippen molar-refractivity contribution in [1.82, 2.24) is 4.98 Å². The molecule has 0 aliphatic heterocycles. The van der Waals surface area contributed by atoms with E-state index < -0.39 is 6.10 Å². The first-order chi connectivity index (χ1) is 7.24. The van der Waals surface area contributed by atoms with Crippen LogP contribution in [0.4, 0.5) is 0 Å². The predicted octanol–water partition coefficient (Wildman–Crippen LogP) is 1.17. The number of methoxy groups -OCH3 is 1. The molecule has 0 amide bonds. The Balaban J connectivity index is 2.40. The zero-order chi connectivity index (χ0) is 10.8. The van der Waals surface area contributed by atoms with Crippen LogP contribution in [-0.4, -0.2) is 23.2 Å². The Morgan fingerprint density at radius 1 is 1.60 bits per heavy atom. The van der Waals surface area contributed by atoms with Crippen LogP contribution < -0.4 is 0 Å². The molecule has 15 heavy (non-hydrogen) atoms. The number of fused-ring (bicyclic) bond motifs is 1. The standard InChI is InChI=1S/C11H13NO3/c1-15-11(14)8-4-5-9(13)10-7(8)3-2-6-12-10/h2-3,6,8-9,13H,4-5H2,1H3/t8-,9-/m0/s1. The van der Waals surface area contributed by atoms with E-state index in [9.17, 15) is 9.90 Å². The molecule has 1 heterocycles. The summed E-state index contributed by atoms with van der Waals surface area (Å²) in [6.45, 7) is 0. The smallest absolute Gasteiger partial charge is 0.313 e. The first-order valence-corrected chi connectivity index (χ1v) is 4.94. The number of hydrogen-bond donors (Lipinski definition) is 1. The molecule has 1 aliphatic rings. The molecule has 0 radical (unpaired) electrons. The molecule has 4 heteroatoms. The predicted molar refractivity (Wildman–Crippen MR) is 53.2 cm³/mol. The highest BCUT2D eigenvalue weighted by Gasteiger charge is 2.31. The number of nitrogens with zero attached hydrogens (tertiary/aromatic N) is 1. The lowest BCUT2D eigenvalue weighted by molar-refractivity contribution is -0.143. The van der Waals surface area contributed by atoms with Crippen molar-refractivity contribution in [3.05, 3.63) is 29.6 Å². The Bertz CT molecular complexity index is 378. The number of carbonyl (C=O) groups is 1. The van der Waals surface area contributed by atoms with Gasteiger partial charge >= 0.3 is 5.97 Å². The van der Waals surface area contributed by atoms with Crippen LogP contribution in [-0.2, 0) is 9.53 Å². The quantitative estimate of drug-likeness (QED) is 0.702. The SMILES string of the molecule is COC(=O)[C@H]1CC[C@H](O)c2ncccc21. The van der Waals surface area contributed by atoms with Gasteiger partial charge in [0.25, 0.3) is 0 Å². The van der Waals surface area contributed by atoms with Crippen molar-refractivity contribution in [1.29, 1.82) is 0 Å². The van der Waals surface area contributed by atoms with E-state index in [0.717, 1.165) is 5.56 Å². The number of hydrogen-bond acceptors (Lipinski definition) is 4. The minimum Gasteiger partial charge on any atom is -0.469 e. The van der Waals surface area contributed by atoms with Crippen LogP contribution in [0.2, 0.25) is 0 Å². The van der Waals surface area contributed by atoms with E-state index >= 15 is 0 Å². The molecule has 4 nitrogen and oxygen atoms in total. The number of aliphatic hydroxyl groups excluding tert-OH is 1. The zero-order valence-corrected chi connectivity index (χ0v) is 8.51. The Morgan fingerprint density at radius 2 is 2.40 bits per heavy atom. The fourth-order valence-corrected chi connectivity index (χ4v) is 2.01. The summed E-state index contributed by atoms with van der Waals surface area (Å²) in [6.07, 6.45) is 2.25. The van der Waals surface area contributed by atoms with Crippen molar-refractivity contribution in [2.45, 2.75) is 24.9 Å². The van der Waals surface area contributed by atoms with Gasteiger partial charge in [0.05, 0.1) is 24.8 Å². The van der Waals surface area contributed by atoms with E-state index in [1.807, 2.05) is 6.07 Å². The van der Waals surface area contributed by atoms with Gasteiger partial charge in [0.15, 0.2) is 0 Å². The van der Waals surface area contributed by atoms with E-state index in [4.69, 9.17) is 4.74 Å². The number of carbonyl (C=O) groups excluding carboxylic acids is 1. The molecule has 1 N–H and O–H groups in total. The Labute approximate surface area is 87.9 Å². The van der Waals surface area contributed by atoms with Gasteiger partial charge in [-0.05, 0) is 24.5 Å². The third-order valence-corrected chi connectivity index (χ3v) is 2.78. The number of esters is 1. The van der Waals surface area contributed by atoms with E-state index in [0.29, 0.717) is 18.5 Å². The lowest BCUT2D eigenvalue weighted by Crippen LogP contribution is -2.22. The first kappa shape index (κ1) is 10.1. The first-order valence-electron chi connectivity index (χ1n) is 4.94. The summed E-state index contributed by atoms with van der Waals surface area (Å²) in [7, 11) is 1.38. The van der Waals surface area contributed by atoms with Gasteiger partial charge in [-0.25, -0.2) is 0 Å². The van der Waals surface area contributed by atoms with Crippen LogP contribution >= 0.6 is 0 Å². The van der Waals surface area contributed by atoms with Gasteiger partial charge in [0.1, 0.15) is 0 Å². The minimum atomic E-state index is -0.554. The fraction of sp³-hybridized carbons (Fsp3) is 0.455. The molecule has 1 aromatic rings. The summed E-state index contributed by atoms with van der Waals surface area (Å²) in [5.41, 5.74) is 1.40. The number of rotatable bonds is 1. The highest BCUT2D eigenvalue weighted by molar-refractivity contribution is 5.78. The Morgan fingerprint density at radius 3 is 3.13 bits per heavy atom. The van der Waals surface area contributed by atoms with Crippen LogP contribution in [0.5, 0.6) is 0 Å². The molecule has 80 valence electrons. The second-order valence-corrected chi connectivity index (χ2v) is 3.65. The lowest BCUT2D eigenvalue weighted by Gasteiger charge is -2.25. The summed E-state index contributed by atoms with van der Waals surface area (Å²) in [4.78, 5) is 15.6. The van der Waals surface area contributed by atoms with Gasteiger partial charge in [0.2, 0.25) is 0 Å². The van der Waals surface area contributed by atoms with Crippen LogP contribution in [0.15, 0.2) is 18.3 Å². The van der Waals surface area contributed by atoms with E-state index in [2.05, 4.69) is 4.98 Å². The maximum atomic E-state index is 11.5. The normalized spacial score (nSPS) is 24.4. The van der Waals surface area contributed by atoms with E-state index in [1.165, 1.54) is 7.11 Å². The topological polar surface area (TPSA) is 59.4 Å². The molecule has 2 atom stereocenters. The summed E-state index contributed by atoms with van der Waals surface area (Å²) >= 11 is 0. The zero-order valence-electron chi connectivity index (χ0n) is 8.51. The molecular formula is C11H13NO3. The second kappa shape index (κ2) is 3.98. The van der Waals surface area contributed by atoms with Crippen LogP contribution in [0, 0.1) is 0 Å². The van der Waals surface area contributed by atoms with Gasteiger partial charge in [-0.15, -0.1) is 0 Å². The van der Waals surface area contributed by atoms with Crippen molar-refractivity contribution in [3.63, 3.8) is 0 Å². The van der Waals surface area contributed by atoms with Crippen LogP contribution in [0.1, 0.15) is 36.1 Å². The van der Waals surface area contributed by atoms with Crippen molar-refractivity contribution in [3.8, 4) is 0 Å². The monoisotopic (exact) mass is 207 g/mol. The summed E-state index contributed by atoms with van der Waals surface area (Å²) in [5, 5.41) is 9.72. The third kappa shape index (κ3) is 1.72. The molecule has 0 aromatic carbocycles. The summed E-state index contributed by atoms with van der Waals surface area (Å²) in [5.74, 6) is -0.529. The van der Waals surface area contributed by atoms with Gasteiger partial charge in [-0.3, -0.25) is 9.78 Å². The van der Waals surface area contributed by atoms with Gasteiger partial charge in [0, 0.05) is 6.20 Å². The maximum absolute atomic E-state index is 11.5. The molecule has 0 bridgehead atoms. The van der Waals surface area contributed by atoms with E-state index in [-0.39, 0.29) is 11.9 Å². The summed E-state index contributed by atoms with van der Waals surface area (Å²) in [6, 6.07) is 3.60. The summed E-state index contributed by atoms with van der Waals surface area (Å²) < 4.78 is 4.73. The average molecular weight is 207 g/mol. The highest BCUT2D eigenvalue weighted by Crippen LogP contribution is 2.36. The molecule has 1 aromatic heterocycles. The lowest BCUT2D eigenvalue weighted by atomic mass is 9.84. The number of ether oxygens (including phenoxy) is 1. The average Bonchev–Trinajstić information content (AvgIpc) is 2.29. The fourth-order valence-electron chi connectivity index (χ4n) is 2.01. The Kier molecular flexibility index (Phi) is 2.68. The number of aliphatic hydroxyl groups is 1. The van der Waals surface area contributed by atoms with Gasteiger partial charge < -0.3 is 9.84 Å². The highest BCUT2D eigenvalue weighted by atomic mass is 16.5. The van der Waals surface area contributed by atoms with Crippen molar-refractivity contribution in [2.75, 3.05) is 7.11 Å². The molecule has 0 unspecified atom stereocenters. The second-order valence-electron chi connectivity index (χ2n) is 3.65. The Hall–Kier alpha value is -1.42.